The molecule has 3 heteroatoms. The van der Waals surface area contributed by atoms with Gasteiger partial charge < -0.3 is 15.7 Å². The molecule has 0 aromatic carbocycles. The second kappa shape index (κ2) is 16.9. The minimum atomic E-state index is 0.225. The first-order valence-electron chi connectivity index (χ1n) is 8.86. The van der Waals surface area contributed by atoms with Crippen LogP contribution in [0.15, 0.2) is 0 Å². The first kappa shape index (κ1) is 19.9. The molecule has 0 aliphatic carbocycles. The summed E-state index contributed by atoms with van der Waals surface area (Å²) >= 11 is 0. The Bertz CT molecular complexity index is 176. The van der Waals surface area contributed by atoms with E-state index in [2.05, 4.69) is 24.5 Å². The highest BCUT2D eigenvalue weighted by Gasteiger charge is 1.98. The van der Waals surface area contributed by atoms with Gasteiger partial charge in [0.15, 0.2) is 0 Å². The van der Waals surface area contributed by atoms with Crippen LogP contribution in [-0.2, 0) is 0 Å². The van der Waals surface area contributed by atoms with Crippen molar-refractivity contribution < 1.29 is 5.11 Å². The SMILES string of the molecule is CCCCCCCCCCCCNCC(C)NCCO. The van der Waals surface area contributed by atoms with Gasteiger partial charge >= 0.3 is 0 Å². The number of unbranched alkanes of at least 4 members (excludes halogenated alkanes) is 9. The molecule has 0 saturated carbocycles. The van der Waals surface area contributed by atoms with E-state index in [1.54, 1.807) is 0 Å². The zero-order chi connectivity index (χ0) is 14.9. The second-order valence-electron chi connectivity index (χ2n) is 5.96. The summed E-state index contributed by atoms with van der Waals surface area (Å²) in [5.74, 6) is 0. The van der Waals surface area contributed by atoms with Crippen molar-refractivity contribution in [3.63, 3.8) is 0 Å². The topological polar surface area (TPSA) is 44.3 Å². The number of rotatable bonds is 16. The number of aliphatic hydroxyl groups is 1. The van der Waals surface area contributed by atoms with Crippen molar-refractivity contribution in [3.05, 3.63) is 0 Å². The van der Waals surface area contributed by atoms with E-state index in [1.165, 1.54) is 64.2 Å². The van der Waals surface area contributed by atoms with Crippen molar-refractivity contribution in [2.45, 2.75) is 84.1 Å². The lowest BCUT2D eigenvalue weighted by Crippen LogP contribution is -2.38. The average molecular weight is 287 g/mol. The minimum absolute atomic E-state index is 0.225. The first-order valence-corrected chi connectivity index (χ1v) is 8.86. The Morgan fingerprint density at radius 3 is 1.90 bits per heavy atom. The Balaban J connectivity index is 3.02. The molecule has 0 saturated heterocycles. The molecule has 0 aliphatic rings. The number of hydrogen-bond acceptors (Lipinski definition) is 3. The predicted molar refractivity (Wildman–Crippen MR) is 89.3 cm³/mol. The molecule has 1 unspecified atom stereocenters. The summed E-state index contributed by atoms with van der Waals surface area (Å²) in [6.07, 6.45) is 14.0. The monoisotopic (exact) mass is 286 g/mol. The fourth-order valence-electron chi connectivity index (χ4n) is 2.44. The highest BCUT2D eigenvalue weighted by Crippen LogP contribution is 2.10. The van der Waals surface area contributed by atoms with Gasteiger partial charge in [-0.05, 0) is 19.9 Å². The molecule has 1 atom stereocenters. The summed E-state index contributed by atoms with van der Waals surface area (Å²) in [5.41, 5.74) is 0. The molecule has 0 aromatic heterocycles. The Kier molecular flexibility index (Phi) is 16.8. The van der Waals surface area contributed by atoms with Crippen molar-refractivity contribution >= 4 is 0 Å². The maximum atomic E-state index is 8.70. The third-order valence-electron chi connectivity index (χ3n) is 3.76. The molecule has 20 heavy (non-hydrogen) atoms. The summed E-state index contributed by atoms with van der Waals surface area (Å²) in [5, 5.41) is 15.4. The number of hydrogen-bond donors (Lipinski definition) is 3. The number of aliphatic hydroxyl groups excluding tert-OH is 1. The summed E-state index contributed by atoms with van der Waals surface area (Å²) in [6, 6.07) is 0.449. The molecule has 0 rings (SSSR count). The fraction of sp³-hybridized carbons (Fsp3) is 1.00. The molecule has 122 valence electrons. The molecule has 0 radical (unpaired) electrons. The summed E-state index contributed by atoms with van der Waals surface area (Å²) in [7, 11) is 0. The van der Waals surface area contributed by atoms with Crippen LogP contribution in [0.2, 0.25) is 0 Å². The maximum Gasteiger partial charge on any atom is 0.0556 e. The second-order valence-corrected chi connectivity index (χ2v) is 5.96. The van der Waals surface area contributed by atoms with Crippen molar-refractivity contribution in [2.24, 2.45) is 0 Å². The summed E-state index contributed by atoms with van der Waals surface area (Å²) in [6.45, 7) is 7.47. The van der Waals surface area contributed by atoms with Gasteiger partial charge in [-0.1, -0.05) is 64.7 Å². The third-order valence-corrected chi connectivity index (χ3v) is 3.76. The van der Waals surface area contributed by atoms with Gasteiger partial charge in [-0.3, -0.25) is 0 Å². The molecular weight excluding hydrogens is 248 g/mol. The molecule has 0 fully saturated rings. The molecule has 0 aliphatic heterocycles. The van der Waals surface area contributed by atoms with Crippen LogP contribution in [0.4, 0.5) is 0 Å². The van der Waals surface area contributed by atoms with E-state index in [0.717, 1.165) is 13.1 Å². The van der Waals surface area contributed by atoms with Gasteiger partial charge in [0.25, 0.3) is 0 Å². The van der Waals surface area contributed by atoms with E-state index in [1.807, 2.05) is 0 Å². The van der Waals surface area contributed by atoms with E-state index >= 15 is 0 Å². The quantitative estimate of drug-likeness (QED) is 0.381. The van der Waals surface area contributed by atoms with Gasteiger partial charge in [0.2, 0.25) is 0 Å². The van der Waals surface area contributed by atoms with E-state index in [0.29, 0.717) is 12.6 Å². The third kappa shape index (κ3) is 15.9. The highest BCUT2D eigenvalue weighted by molar-refractivity contribution is 4.63. The zero-order valence-electron chi connectivity index (χ0n) is 13.9. The molecule has 0 aromatic rings. The van der Waals surface area contributed by atoms with E-state index in [-0.39, 0.29) is 6.61 Å². The Hall–Kier alpha value is -0.120. The van der Waals surface area contributed by atoms with Crippen molar-refractivity contribution in [3.8, 4) is 0 Å². The minimum Gasteiger partial charge on any atom is -0.395 e. The number of nitrogens with one attached hydrogen (secondary N) is 2. The van der Waals surface area contributed by atoms with Gasteiger partial charge in [-0.2, -0.15) is 0 Å². The van der Waals surface area contributed by atoms with Gasteiger partial charge in [-0.15, -0.1) is 0 Å². The molecule has 3 N–H and O–H groups in total. The maximum absolute atomic E-state index is 8.70. The first-order chi connectivity index (χ1) is 9.81. The van der Waals surface area contributed by atoms with Crippen LogP contribution in [0.3, 0.4) is 0 Å². The molecule has 0 bridgehead atoms. The van der Waals surface area contributed by atoms with Crippen LogP contribution >= 0.6 is 0 Å². The van der Waals surface area contributed by atoms with Crippen molar-refractivity contribution in [2.75, 3.05) is 26.2 Å². The summed E-state index contributed by atoms with van der Waals surface area (Å²) in [4.78, 5) is 0. The highest BCUT2D eigenvalue weighted by atomic mass is 16.3. The predicted octanol–water partition coefficient (Wildman–Crippen LogP) is 3.47. The lowest BCUT2D eigenvalue weighted by Gasteiger charge is -2.13. The van der Waals surface area contributed by atoms with Gasteiger partial charge in [0.05, 0.1) is 6.61 Å². The molecule has 3 nitrogen and oxygen atoms in total. The Morgan fingerprint density at radius 1 is 0.800 bits per heavy atom. The van der Waals surface area contributed by atoms with Crippen molar-refractivity contribution in [1.82, 2.24) is 10.6 Å². The Labute approximate surface area is 126 Å². The Morgan fingerprint density at radius 2 is 1.35 bits per heavy atom. The lowest BCUT2D eigenvalue weighted by atomic mass is 10.1. The van der Waals surface area contributed by atoms with Crippen LogP contribution in [0.1, 0.15) is 78.1 Å². The van der Waals surface area contributed by atoms with Crippen LogP contribution < -0.4 is 10.6 Å². The van der Waals surface area contributed by atoms with E-state index in [4.69, 9.17) is 5.11 Å². The van der Waals surface area contributed by atoms with Crippen LogP contribution in [0.5, 0.6) is 0 Å². The lowest BCUT2D eigenvalue weighted by molar-refractivity contribution is 0.285. The molecule has 0 amide bonds. The normalized spacial score (nSPS) is 12.8. The molecular formula is C17H38N2O. The molecule has 0 heterocycles. The van der Waals surface area contributed by atoms with Crippen molar-refractivity contribution in [1.29, 1.82) is 0 Å². The van der Waals surface area contributed by atoms with E-state index in [9.17, 15) is 0 Å². The van der Waals surface area contributed by atoms with Crippen LogP contribution in [0.25, 0.3) is 0 Å². The van der Waals surface area contributed by atoms with Gasteiger partial charge in [0.1, 0.15) is 0 Å². The average Bonchev–Trinajstić information content (AvgIpc) is 2.46. The zero-order valence-corrected chi connectivity index (χ0v) is 13.9. The largest absolute Gasteiger partial charge is 0.395 e. The fourth-order valence-corrected chi connectivity index (χ4v) is 2.44. The summed E-state index contributed by atoms with van der Waals surface area (Å²) < 4.78 is 0. The smallest absolute Gasteiger partial charge is 0.0556 e. The standard InChI is InChI=1S/C17H38N2O/c1-3-4-5-6-7-8-9-10-11-12-13-18-16-17(2)19-14-15-20/h17-20H,3-16H2,1-2H3. The van der Waals surface area contributed by atoms with E-state index < -0.39 is 0 Å². The van der Waals surface area contributed by atoms with Crippen LogP contribution in [-0.4, -0.2) is 37.4 Å². The molecule has 0 spiro atoms. The van der Waals surface area contributed by atoms with Gasteiger partial charge in [-0.25, -0.2) is 0 Å². The van der Waals surface area contributed by atoms with Gasteiger partial charge in [0, 0.05) is 19.1 Å². The van der Waals surface area contributed by atoms with Crippen LogP contribution in [0, 0.1) is 0 Å².